The Morgan fingerprint density at radius 3 is 2.33 bits per heavy atom. The molecule has 1 saturated heterocycles. The second-order valence-corrected chi connectivity index (χ2v) is 5.36. The smallest absolute Gasteiger partial charge is 0.0234 e. The zero-order chi connectivity index (χ0) is 12.6. The predicted octanol–water partition coefficient (Wildman–Crippen LogP) is 3.44. The van der Waals surface area contributed by atoms with E-state index in [1.807, 2.05) is 7.05 Å². The van der Waals surface area contributed by atoms with E-state index >= 15 is 0 Å². The molecule has 0 saturated carbocycles. The van der Waals surface area contributed by atoms with Crippen molar-refractivity contribution in [1.82, 2.24) is 10.0 Å². The molecule has 0 atom stereocenters. The first-order valence-electron chi connectivity index (χ1n) is 6.43. The Bertz CT molecular complexity index is 473. The highest BCUT2D eigenvalue weighted by atomic mass is 32.2. The average molecular weight is 260 g/mol. The third kappa shape index (κ3) is 4.02. The fourth-order valence-corrected chi connectivity index (χ4v) is 2.53. The summed E-state index contributed by atoms with van der Waals surface area (Å²) in [7, 11) is 1.93. The lowest BCUT2D eigenvalue weighted by atomic mass is 10.1. The maximum atomic E-state index is 3.22. The number of benzene rings is 2. The first kappa shape index (κ1) is 13.4. The average Bonchev–Trinajstić information content (AvgIpc) is 2.98. The number of fused-ring (bicyclic) bond motifs is 1. The standard InChI is InChI=1S/C11H11NS.C4H9N/c1-12-13-11-7-6-9-4-2-3-5-10(9)8-11;1-2-4-5-3-1/h2-8,12H,1H3;5H,1-4H2. The minimum absolute atomic E-state index is 1.25. The number of hydrogen-bond donors (Lipinski definition) is 2. The summed E-state index contributed by atoms with van der Waals surface area (Å²) in [6, 6.07) is 14.9. The number of nitrogens with one attached hydrogen (secondary N) is 2. The second-order valence-electron chi connectivity index (χ2n) is 4.27. The summed E-state index contributed by atoms with van der Waals surface area (Å²) in [4.78, 5) is 1.25. The first-order chi connectivity index (χ1) is 8.90. The van der Waals surface area contributed by atoms with Crippen LogP contribution in [0.1, 0.15) is 12.8 Å². The van der Waals surface area contributed by atoms with Crippen LogP contribution in [0.15, 0.2) is 47.4 Å². The van der Waals surface area contributed by atoms with Crippen molar-refractivity contribution >= 4 is 22.7 Å². The lowest BCUT2D eigenvalue weighted by molar-refractivity contribution is 0.857. The molecule has 18 heavy (non-hydrogen) atoms. The monoisotopic (exact) mass is 260 g/mol. The van der Waals surface area contributed by atoms with Gasteiger partial charge in [-0.15, -0.1) is 0 Å². The Morgan fingerprint density at radius 1 is 1.00 bits per heavy atom. The highest BCUT2D eigenvalue weighted by Gasteiger charge is 1.94. The van der Waals surface area contributed by atoms with E-state index in [1.165, 1.54) is 41.6 Å². The molecule has 2 aromatic carbocycles. The molecule has 1 aliphatic rings. The van der Waals surface area contributed by atoms with Gasteiger partial charge in [-0.25, -0.2) is 0 Å². The molecular formula is C15H20N2S. The quantitative estimate of drug-likeness (QED) is 0.809. The van der Waals surface area contributed by atoms with Gasteiger partial charge in [-0.1, -0.05) is 30.3 Å². The van der Waals surface area contributed by atoms with Crippen molar-refractivity contribution in [3.05, 3.63) is 42.5 Å². The predicted molar refractivity (Wildman–Crippen MR) is 81.0 cm³/mol. The summed E-state index contributed by atoms with van der Waals surface area (Å²) in [5.41, 5.74) is 0. The summed E-state index contributed by atoms with van der Waals surface area (Å²) >= 11 is 1.64. The molecule has 3 heteroatoms. The van der Waals surface area contributed by atoms with E-state index < -0.39 is 0 Å². The van der Waals surface area contributed by atoms with Gasteiger partial charge in [0.1, 0.15) is 0 Å². The highest BCUT2D eigenvalue weighted by Crippen LogP contribution is 2.20. The van der Waals surface area contributed by atoms with Crippen LogP contribution in [-0.2, 0) is 0 Å². The minimum atomic E-state index is 1.25. The van der Waals surface area contributed by atoms with Crippen molar-refractivity contribution in [1.29, 1.82) is 0 Å². The number of hydrogen-bond acceptors (Lipinski definition) is 3. The summed E-state index contributed by atoms with van der Waals surface area (Å²) in [6.45, 7) is 2.50. The van der Waals surface area contributed by atoms with Crippen molar-refractivity contribution in [2.24, 2.45) is 0 Å². The molecule has 3 rings (SSSR count). The zero-order valence-corrected chi connectivity index (χ0v) is 11.6. The fraction of sp³-hybridized carbons (Fsp3) is 0.333. The molecule has 0 aliphatic carbocycles. The van der Waals surface area contributed by atoms with Gasteiger partial charge in [0.05, 0.1) is 0 Å². The minimum Gasteiger partial charge on any atom is -0.317 e. The molecule has 96 valence electrons. The Kier molecular flexibility index (Phi) is 5.52. The summed E-state index contributed by atoms with van der Waals surface area (Å²) in [5.74, 6) is 0. The van der Waals surface area contributed by atoms with Crippen LogP contribution in [0.3, 0.4) is 0 Å². The van der Waals surface area contributed by atoms with E-state index in [1.54, 1.807) is 11.9 Å². The van der Waals surface area contributed by atoms with E-state index in [0.29, 0.717) is 0 Å². The van der Waals surface area contributed by atoms with Gasteiger partial charge in [-0.3, -0.25) is 4.72 Å². The van der Waals surface area contributed by atoms with E-state index in [0.717, 1.165) is 0 Å². The SMILES string of the molecule is C1CCNC1.CNSc1ccc2ccccc2c1. The first-order valence-corrected chi connectivity index (χ1v) is 7.25. The van der Waals surface area contributed by atoms with Crippen molar-refractivity contribution in [3.63, 3.8) is 0 Å². The Morgan fingerprint density at radius 2 is 1.72 bits per heavy atom. The lowest BCUT2D eigenvalue weighted by Gasteiger charge is -2.01. The van der Waals surface area contributed by atoms with Gasteiger partial charge < -0.3 is 5.32 Å². The molecule has 0 aromatic heterocycles. The second kappa shape index (κ2) is 7.41. The van der Waals surface area contributed by atoms with E-state index in [4.69, 9.17) is 0 Å². The van der Waals surface area contributed by atoms with Gasteiger partial charge in [0.15, 0.2) is 0 Å². The molecular weight excluding hydrogens is 240 g/mol. The van der Waals surface area contributed by atoms with Crippen molar-refractivity contribution in [2.45, 2.75) is 17.7 Å². The van der Waals surface area contributed by atoms with Crippen LogP contribution in [-0.4, -0.2) is 20.1 Å². The maximum Gasteiger partial charge on any atom is 0.0234 e. The summed E-state index contributed by atoms with van der Waals surface area (Å²) in [6.07, 6.45) is 2.78. The van der Waals surface area contributed by atoms with Crippen LogP contribution in [0.5, 0.6) is 0 Å². The van der Waals surface area contributed by atoms with E-state index in [2.05, 4.69) is 52.5 Å². The third-order valence-corrected chi connectivity index (χ3v) is 3.59. The van der Waals surface area contributed by atoms with Gasteiger partial charge in [0.2, 0.25) is 0 Å². The van der Waals surface area contributed by atoms with Crippen molar-refractivity contribution in [2.75, 3.05) is 20.1 Å². The van der Waals surface area contributed by atoms with Gasteiger partial charge >= 0.3 is 0 Å². The molecule has 1 fully saturated rings. The van der Waals surface area contributed by atoms with Crippen LogP contribution < -0.4 is 10.0 Å². The molecule has 2 N–H and O–H groups in total. The molecule has 1 heterocycles. The van der Waals surface area contributed by atoms with Crippen LogP contribution in [0.2, 0.25) is 0 Å². The zero-order valence-electron chi connectivity index (χ0n) is 10.8. The van der Waals surface area contributed by atoms with E-state index in [9.17, 15) is 0 Å². The normalized spacial score (nSPS) is 14.3. The lowest BCUT2D eigenvalue weighted by Crippen LogP contribution is -2.03. The van der Waals surface area contributed by atoms with Crippen molar-refractivity contribution in [3.8, 4) is 0 Å². The van der Waals surface area contributed by atoms with E-state index in [-0.39, 0.29) is 0 Å². The molecule has 0 unspecified atom stereocenters. The largest absolute Gasteiger partial charge is 0.317 e. The van der Waals surface area contributed by atoms with Gasteiger partial charge in [0.25, 0.3) is 0 Å². The third-order valence-electron chi connectivity index (χ3n) is 2.90. The molecule has 0 amide bonds. The summed E-state index contributed by atoms with van der Waals surface area (Å²) < 4.78 is 3.07. The molecule has 0 radical (unpaired) electrons. The molecule has 1 aliphatic heterocycles. The highest BCUT2D eigenvalue weighted by molar-refractivity contribution is 7.97. The Labute approximate surface area is 113 Å². The number of rotatable bonds is 2. The molecule has 2 nitrogen and oxygen atoms in total. The van der Waals surface area contributed by atoms with Crippen molar-refractivity contribution < 1.29 is 0 Å². The van der Waals surface area contributed by atoms with Crippen LogP contribution in [0, 0.1) is 0 Å². The van der Waals surface area contributed by atoms with Gasteiger partial charge in [-0.05, 0) is 67.8 Å². The molecule has 2 aromatic rings. The van der Waals surface area contributed by atoms with Gasteiger partial charge in [-0.2, -0.15) is 0 Å². The molecule has 0 spiro atoms. The van der Waals surface area contributed by atoms with Gasteiger partial charge in [0, 0.05) is 4.90 Å². The maximum absolute atomic E-state index is 3.22. The van der Waals surface area contributed by atoms with Crippen LogP contribution >= 0.6 is 11.9 Å². The fourth-order valence-electron chi connectivity index (χ4n) is 1.97. The van der Waals surface area contributed by atoms with Crippen LogP contribution in [0.4, 0.5) is 0 Å². The topological polar surface area (TPSA) is 24.1 Å². The Hall–Kier alpha value is -1.03. The molecule has 0 bridgehead atoms. The van der Waals surface area contributed by atoms with Crippen LogP contribution in [0.25, 0.3) is 10.8 Å². The summed E-state index contributed by atoms with van der Waals surface area (Å²) in [5, 5.41) is 5.81. The Balaban J connectivity index is 0.000000202.